The third-order valence-corrected chi connectivity index (χ3v) is 6.33. The van der Waals surface area contributed by atoms with E-state index in [1.54, 1.807) is 0 Å². The van der Waals surface area contributed by atoms with Gasteiger partial charge < -0.3 is 15.3 Å². The van der Waals surface area contributed by atoms with E-state index in [1.807, 2.05) is 0 Å². The Morgan fingerprint density at radius 2 is 2.04 bits per heavy atom. The number of hydrogen-bond donors (Lipinski definition) is 3. The molecule has 3 N–H and O–H groups in total. The van der Waals surface area contributed by atoms with Gasteiger partial charge in [-0.15, -0.1) is 0 Å². The summed E-state index contributed by atoms with van der Waals surface area (Å²) in [5.41, 5.74) is 1.65. The zero-order valence-corrected chi connectivity index (χ0v) is 15.4. The SMILES string of the molecule is C=C1CCC(O)(C#C[C@@H]2[C@H]3C/C(=C\CCCC(=O)O)C[C@H]3C[C@H]2O)CC1. The van der Waals surface area contributed by atoms with Gasteiger partial charge in [-0.2, -0.15) is 0 Å². The summed E-state index contributed by atoms with van der Waals surface area (Å²) in [6.07, 6.45) is 9.17. The van der Waals surface area contributed by atoms with Crippen molar-refractivity contribution in [1.82, 2.24) is 0 Å². The first-order chi connectivity index (χ1) is 12.4. The van der Waals surface area contributed by atoms with E-state index in [4.69, 9.17) is 5.11 Å². The molecular formula is C22H30O4. The fourth-order valence-electron chi connectivity index (χ4n) is 4.75. The number of aliphatic hydroxyl groups is 2. The van der Waals surface area contributed by atoms with Gasteiger partial charge in [-0.25, -0.2) is 0 Å². The van der Waals surface area contributed by atoms with E-state index in [0.29, 0.717) is 31.1 Å². The minimum atomic E-state index is -0.924. The lowest BCUT2D eigenvalue weighted by molar-refractivity contribution is -0.137. The van der Waals surface area contributed by atoms with Gasteiger partial charge in [-0.3, -0.25) is 4.79 Å². The van der Waals surface area contributed by atoms with Gasteiger partial charge in [-0.05, 0) is 69.6 Å². The summed E-state index contributed by atoms with van der Waals surface area (Å²) in [5, 5.41) is 29.8. The van der Waals surface area contributed by atoms with Gasteiger partial charge in [-0.1, -0.05) is 35.6 Å². The minimum Gasteiger partial charge on any atom is -0.481 e. The minimum absolute atomic E-state index is 0.0564. The first-order valence-electron chi connectivity index (χ1n) is 9.86. The quantitative estimate of drug-likeness (QED) is 0.409. The number of fused-ring (bicyclic) bond motifs is 1. The lowest BCUT2D eigenvalue weighted by Crippen LogP contribution is -2.30. The van der Waals surface area contributed by atoms with Gasteiger partial charge in [0.2, 0.25) is 0 Å². The maximum atomic E-state index is 10.7. The van der Waals surface area contributed by atoms with Crippen molar-refractivity contribution in [3.8, 4) is 11.8 Å². The maximum absolute atomic E-state index is 10.7. The van der Waals surface area contributed by atoms with Gasteiger partial charge in [0.05, 0.1) is 6.10 Å². The van der Waals surface area contributed by atoms with Crippen LogP contribution in [-0.2, 0) is 4.79 Å². The first kappa shape index (κ1) is 19.2. The molecule has 3 aliphatic rings. The Hall–Kier alpha value is -1.57. The average molecular weight is 358 g/mol. The molecule has 0 aromatic carbocycles. The number of allylic oxidation sites excluding steroid dienone is 3. The van der Waals surface area contributed by atoms with Crippen LogP contribution in [0.1, 0.15) is 64.2 Å². The molecule has 0 amide bonds. The standard InChI is InChI=1S/C22H30O4/c1-15-6-9-22(26,10-7-15)11-8-18-19-13-16(4-2-3-5-21(24)25)12-17(19)14-20(18)23/h4,17-20,23,26H,1-3,5-7,9-10,12-14H2,(H,24,25)/b16-4-/t17-,18+,19-,20+/m0/s1. The molecule has 3 saturated carbocycles. The highest BCUT2D eigenvalue weighted by Crippen LogP contribution is 2.50. The van der Waals surface area contributed by atoms with Gasteiger partial charge >= 0.3 is 5.97 Å². The Labute approximate surface area is 156 Å². The van der Waals surface area contributed by atoms with Crippen LogP contribution in [0.15, 0.2) is 23.8 Å². The molecule has 0 unspecified atom stereocenters. The van der Waals surface area contributed by atoms with E-state index >= 15 is 0 Å². The number of carboxylic acid groups (broad SMARTS) is 1. The second-order valence-electron chi connectivity index (χ2n) is 8.36. The normalized spacial score (nSPS) is 34.4. The summed E-state index contributed by atoms with van der Waals surface area (Å²) in [6, 6.07) is 0. The van der Waals surface area contributed by atoms with Crippen molar-refractivity contribution in [2.45, 2.75) is 75.9 Å². The molecule has 0 radical (unpaired) electrons. The molecule has 3 rings (SSSR count). The van der Waals surface area contributed by atoms with E-state index in [2.05, 4.69) is 24.5 Å². The average Bonchev–Trinajstić information content (AvgIpc) is 3.09. The van der Waals surface area contributed by atoms with Crippen LogP contribution < -0.4 is 0 Å². The van der Waals surface area contributed by atoms with Crippen LogP contribution in [0.4, 0.5) is 0 Å². The van der Waals surface area contributed by atoms with Crippen molar-refractivity contribution in [1.29, 1.82) is 0 Å². The van der Waals surface area contributed by atoms with Crippen molar-refractivity contribution in [2.75, 3.05) is 0 Å². The zero-order chi connectivity index (χ0) is 18.7. The largest absolute Gasteiger partial charge is 0.481 e. The number of aliphatic carboxylic acids is 1. The first-order valence-corrected chi connectivity index (χ1v) is 9.86. The molecule has 3 fully saturated rings. The number of hydrogen-bond acceptors (Lipinski definition) is 3. The van der Waals surface area contributed by atoms with Crippen molar-refractivity contribution in [2.24, 2.45) is 17.8 Å². The van der Waals surface area contributed by atoms with Crippen molar-refractivity contribution < 1.29 is 20.1 Å². The highest BCUT2D eigenvalue weighted by Gasteiger charge is 2.45. The number of carboxylic acids is 1. The molecule has 0 saturated heterocycles. The van der Waals surface area contributed by atoms with Crippen LogP contribution in [0, 0.1) is 29.6 Å². The molecule has 0 aliphatic heterocycles. The molecular weight excluding hydrogens is 328 g/mol. The molecule has 4 heteroatoms. The van der Waals surface area contributed by atoms with Crippen LogP contribution >= 0.6 is 0 Å². The van der Waals surface area contributed by atoms with E-state index < -0.39 is 17.7 Å². The number of aliphatic hydroxyl groups excluding tert-OH is 1. The third-order valence-electron chi connectivity index (χ3n) is 6.33. The molecule has 142 valence electrons. The summed E-state index contributed by atoms with van der Waals surface area (Å²) in [5.74, 6) is 6.39. The summed E-state index contributed by atoms with van der Waals surface area (Å²) in [4.78, 5) is 10.6. The van der Waals surface area contributed by atoms with Gasteiger partial charge in [0.25, 0.3) is 0 Å². The molecule has 4 nitrogen and oxygen atoms in total. The van der Waals surface area contributed by atoms with Crippen molar-refractivity contribution in [3.63, 3.8) is 0 Å². The molecule has 0 spiro atoms. The monoisotopic (exact) mass is 358 g/mol. The lowest BCUT2D eigenvalue weighted by atomic mass is 9.82. The smallest absolute Gasteiger partial charge is 0.303 e. The van der Waals surface area contributed by atoms with Crippen molar-refractivity contribution in [3.05, 3.63) is 23.8 Å². The molecule has 0 heterocycles. The highest BCUT2D eigenvalue weighted by molar-refractivity contribution is 5.66. The molecule has 0 aromatic rings. The van der Waals surface area contributed by atoms with Crippen LogP contribution in [0.5, 0.6) is 0 Å². The van der Waals surface area contributed by atoms with Crippen LogP contribution in [-0.4, -0.2) is 33.0 Å². The Balaban J connectivity index is 1.59. The highest BCUT2D eigenvalue weighted by atomic mass is 16.4. The summed E-state index contributed by atoms with van der Waals surface area (Å²) in [7, 11) is 0. The molecule has 0 aromatic heterocycles. The number of rotatable bonds is 4. The molecule has 4 atom stereocenters. The Morgan fingerprint density at radius 1 is 1.31 bits per heavy atom. The van der Waals surface area contributed by atoms with Crippen LogP contribution in [0.3, 0.4) is 0 Å². The van der Waals surface area contributed by atoms with E-state index in [-0.39, 0.29) is 12.3 Å². The second-order valence-corrected chi connectivity index (χ2v) is 8.36. The predicted octanol–water partition coefficient (Wildman–Crippen LogP) is 3.44. The Kier molecular flexibility index (Phi) is 5.89. The zero-order valence-electron chi connectivity index (χ0n) is 15.4. The summed E-state index contributed by atoms with van der Waals surface area (Å²) < 4.78 is 0. The van der Waals surface area contributed by atoms with E-state index in [0.717, 1.165) is 38.5 Å². The second kappa shape index (κ2) is 7.98. The van der Waals surface area contributed by atoms with Crippen LogP contribution in [0.25, 0.3) is 0 Å². The number of carbonyl (C=O) groups is 1. The Bertz CT molecular complexity index is 641. The number of unbranched alkanes of at least 4 members (excludes halogenated alkanes) is 1. The lowest BCUT2D eigenvalue weighted by Gasteiger charge is -2.28. The van der Waals surface area contributed by atoms with E-state index in [1.165, 1.54) is 11.1 Å². The fraction of sp³-hybridized carbons (Fsp3) is 0.682. The van der Waals surface area contributed by atoms with Gasteiger partial charge in [0, 0.05) is 12.3 Å². The topological polar surface area (TPSA) is 77.8 Å². The van der Waals surface area contributed by atoms with E-state index in [9.17, 15) is 15.0 Å². The Morgan fingerprint density at radius 3 is 2.73 bits per heavy atom. The predicted molar refractivity (Wildman–Crippen MR) is 100 cm³/mol. The molecule has 3 aliphatic carbocycles. The summed E-state index contributed by atoms with van der Waals surface area (Å²) in [6.45, 7) is 3.98. The molecule has 26 heavy (non-hydrogen) atoms. The van der Waals surface area contributed by atoms with Crippen molar-refractivity contribution >= 4 is 5.97 Å². The third kappa shape index (κ3) is 4.58. The van der Waals surface area contributed by atoms with Gasteiger partial charge in [0.1, 0.15) is 5.60 Å². The molecule has 0 bridgehead atoms. The van der Waals surface area contributed by atoms with Gasteiger partial charge in [0.15, 0.2) is 0 Å². The fourth-order valence-corrected chi connectivity index (χ4v) is 4.75. The van der Waals surface area contributed by atoms with Crippen LogP contribution in [0.2, 0.25) is 0 Å². The maximum Gasteiger partial charge on any atom is 0.303 e. The summed E-state index contributed by atoms with van der Waals surface area (Å²) >= 11 is 0.